The molecular weight excluding hydrogens is 450 g/mol. The van der Waals surface area contributed by atoms with Crippen molar-refractivity contribution in [3.63, 3.8) is 0 Å². The SMILES string of the molecule is CCN(C(C)=O)c1nc(COC(=O)c2ccc(Cl)c(S(=O)(=O)N(CC)CC)c2)cs1. The quantitative estimate of drug-likeness (QED) is 0.516. The Morgan fingerprint density at radius 1 is 1.17 bits per heavy atom. The number of amides is 1. The number of thiazole rings is 1. The van der Waals surface area contributed by atoms with Gasteiger partial charge in [-0.3, -0.25) is 9.69 Å². The molecule has 0 fully saturated rings. The van der Waals surface area contributed by atoms with E-state index >= 15 is 0 Å². The second kappa shape index (κ2) is 10.3. The van der Waals surface area contributed by atoms with Gasteiger partial charge in [-0.1, -0.05) is 25.4 Å². The highest BCUT2D eigenvalue weighted by Crippen LogP contribution is 2.26. The summed E-state index contributed by atoms with van der Waals surface area (Å²) in [6.45, 7) is 7.68. The van der Waals surface area contributed by atoms with Crippen LogP contribution in [0.1, 0.15) is 43.7 Å². The summed E-state index contributed by atoms with van der Waals surface area (Å²) in [5.74, 6) is -0.824. The summed E-state index contributed by atoms with van der Waals surface area (Å²) >= 11 is 7.36. The average molecular weight is 474 g/mol. The van der Waals surface area contributed by atoms with E-state index in [2.05, 4.69) is 4.98 Å². The number of nitrogens with zero attached hydrogens (tertiary/aromatic N) is 3. The highest BCUT2D eigenvalue weighted by atomic mass is 35.5. The minimum atomic E-state index is -3.83. The zero-order chi connectivity index (χ0) is 22.5. The molecule has 1 aromatic carbocycles. The maximum absolute atomic E-state index is 12.8. The van der Waals surface area contributed by atoms with Crippen molar-refractivity contribution in [3.8, 4) is 0 Å². The van der Waals surface area contributed by atoms with Gasteiger partial charge in [-0.25, -0.2) is 18.2 Å². The third-order valence-corrected chi connectivity index (χ3v) is 7.75. The first-order chi connectivity index (χ1) is 14.1. The number of sulfonamides is 1. The summed E-state index contributed by atoms with van der Waals surface area (Å²) in [6.07, 6.45) is 0. The molecule has 0 unspecified atom stereocenters. The van der Waals surface area contributed by atoms with Crippen molar-refractivity contribution in [1.29, 1.82) is 0 Å². The van der Waals surface area contributed by atoms with E-state index in [-0.39, 0.29) is 41.1 Å². The van der Waals surface area contributed by atoms with E-state index in [4.69, 9.17) is 16.3 Å². The van der Waals surface area contributed by atoms with Gasteiger partial charge in [-0.15, -0.1) is 11.3 Å². The maximum Gasteiger partial charge on any atom is 0.338 e. The summed E-state index contributed by atoms with van der Waals surface area (Å²) < 4.78 is 32.1. The summed E-state index contributed by atoms with van der Waals surface area (Å²) in [4.78, 5) is 29.8. The molecule has 0 atom stereocenters. The van der Waals surface area contributed by atoms with Gasteiger partial charge >= 0.3 is 5.97 Å². The number of aromatic nitrogens is 1. The lowest BCUT2D eigenvalue weighted by Crippen LogP contribution is -2.31. The van der Waals surface area contributed by atoms with Crippen LogP contribution < -0.4 is 4.90 Å². The minimum Gasteiger partial charge on any atom is -0.456 e. The van der Waals surface area contributed by atoms with E-state index in [1.807, 2.05) is 6.92 Å². The monoisotopic (exact) mass is 473 g/mol. The first kappa shape index (κ1) is 24.3. The van der Waals surface area contributed by atoms with Gasteiger partial charge in [0.05, 0.1) is 16.3 Å². The van der Waals surface area contributed by atoms with E-state index in [1.165, 1.54) is 45.7 Å². The highest BCUT2D eigenvalue weighted by molar-refractivity contribution is 7.89. The van der Waals surface area contributed by atoms with Crippen LogP contribution in [-0.4, -0.2) is 49.2 Å². The van der Waals surface area contributed by atoms with Crippen LogP contribution in [0.4, 0.5) is 5.13 Å². The van der Waals surface area contributed by atoms with Gasteiger partial charge in [0, 0.05) is 31.9 Å². The van der Waals surface area contributed by atoms with Crippen LogP contribution in [0.2, 0.25) is 5.02 Å². The molecule has 2 rings (SSSR count). The van der Waals surface area contributed by atoms with Crippen LogP contribution >= 0.6 is 22.9 Å². The van der Waals surface area contributed by atoms with Crippen LogP contribution in [0, 0.1) is 0 Å². The van der Waals surface area contributed by atoms with Crippen LogP contribution in [0.5, 0.6) is 0 Å². The average Bonchev–Trinajstić information content (AvgIpc) is 3.15. The van der Waals surface area contributed by atoms with Crippen LogP contribution in [0.3, 0.4) is 0 Å². The van der Waals surface area contributed by atoms with Gasteiger partial charge in [0.25, 0.3) is 0 Å². The Labute approximate surface area is 185 Å². The number of rotatable bonds is 9. The molecule has 1 heterocycles. The molecule has 0 spiro atoms. The van der Waals surface area contributed by atoms with Gasteiger partial charge in [0.2, 0.25) is 15.9 Å². The topological polar surface area (TPSA) is 96.9 Å². The van der Waals surface area contributed by atoms with E-state index in [1.54, 1.807) is 19.2 Å². The van der Waals surface area contributed by atoms with Crippen molar-refractivity contribution in [2.24, 2.45) is 0 Å². The van der Waals surface area contributed by atoms with Crippen molar-refractivity contribution >= 4 is 50.0 Å². The van der Waals surface area contributed by atoms with Crippen LogP contribution in [-0.2, 0) is 26.2 Å². The molecule has 0 N–H and O–H groups in total. The van der Waals surface area contributed by atoms with E-state index < -0.39 is 16.0 Å². The second-order valence-corrected chi connectivity index (χ2v) is 9.35. The van der Waals surface area contributed by atoms with Crippen molar-refractivity contribution < 1.29 is 22.7 Å². The summed E-state index contributed by atoms with van der Waals surface area (Å²) in [5.41, 5.74) is 0.563. The Bertz CT molecular complexity index is 1020. The van der Waals surface area contributed by atoms with Gasteiger partial charge in [-0.05, 0) is 25.1 Å². The van der Waals surface area contributed by atoms with Crippen molar-refractivity contribution in [2.75, 3.05) is 24.5 Å². The molecule has 11 heteroatoms. The molecule has 8 nitrogen and oxygen atoms in total. The molecule has 1 amide bonds. The van der Waals surface area contributed by atoms with Crippen molar-refractivity contribution in [2.45, 2.75) is 39.2 Å². The lowest BCUT2D eigenvalue weighted by atomic mass is 10.2. The lowest BCUT2D eigenvalue weighted by Gasteiger charge is -2.19. The molecular formula is C19H24ClN3O5S2. The number of benzene rings is 1. The second-order valence-electron chi connectivity index (χ2n) is 6.20. The molecule has 0 aliphatic heterocycles. The molecule has 0 aliphatic carbocycles. The number of hydrogen-bond donors (Lipinski definition) is 0. The first-order valence-corrected chi connectivity index (χ1v) is 12.0. The summed E-state index contributed by atoms with van der Waals surface area (Å²) in [5, 5.41) is 2.26. The fourth-order valence-electron chi connectivity index (χ4n) is 2.73. The van der Waals surface area contributed by atoms with Gasteiger partial charge in [0.15, 0.2) is 5.13 Å². The molecule has 2 aromatic rings. The number of carbonyl (C=O) groups is 2. The number of esters is 1. The number of anilines is 1. The molecule has 164 valence electrons. The van der Waals surface area contributed by atoms with Crippen molar-refractivity contribution in [1.82, 2.24) is 9.29 Å². The Hall–Kier alpha value is -2.01. The van der Waals surface area contributed by atoms with Gasteiger partial charge in [-0.2, -0.15) is 4.31 Å². The highest BCUT2D eigenvalue weighted by Gasteiger charge is 2.26. The number of hydrogen-bond acceptors (Lipinski definition) is 7. The van der Waals surface area contributed by atoms with Gasteiger partial charge < -0.3 is 4.74 Å². The van der Waals surface area contributed by atoms with Gasteiger partial charge in [0.1, 0.15) is 11.5 Å². The van der Waals surface area contributed by atoms with Crippen LogP contribution in [0.25, 0.3) is 0 Å². The van der Waals surface area contributed by atoms with E-state index in [0.29, 0.717) is 17.4 Å². The molecule has 0 saturated carbocycles. The Morgan fingerprint density at radius 2 is 1.83 bits per heavy atom. The summed E-state index contributed by atoms with van der Waals surface area (Å²) in [7, 11) is -3.83. The fourth-order valence-corrected chi connectivity index (χ4v) is 5.61. The Balaban J connectivity index is 2.17. The molecule has 0 aliphatic rings. The zero-order valence-corrected chi connectivity index (χ0v) is 19.6. The predicted molar refractivity (Wildman–Crippen MR) is 116 cm³/mol. The standard InChI is InChI=1S/C19H24ClN3O5S2/c1-5-22(6-2)30(26,27)17-10-14(8-9-16(17)20)18(25)28-11-15-12-29-19(21-15)23(7-3)13(4)24/h8-10,12H,5-7,11H2,1-4H3. The zero-order valence-electron chi connectivity index (χ0n) is 17.2. The lowest BCUT2D eigenvalue weighted by molar-refractivity contribution is -0.116. The largest absolute Gasteiger partial charge is 0.456 e. The number of ether oxygens (including phenoxy) is 1. The van der Waals surface area contributed by atoms with Crippen molar-refractivity contribution in [3.05, 3.63) is 39.9 Å². The number of carbonyl (C=O) groups excluding carboxylic acids is 2. The fraction of sp³-hybridized carbons (Fsp3) is 0.421. The number of halogens is 1. The summed E-state index contributed by atoms with van der Waals surface area (Å²) in [6, 6.07) is 3.99. The van der Waals surface area contributed by atoms with Crippen LogP contribution in [0.15, 0.2) is 28.5 Å². The maximum atomic E-state index is 12.8. The van der Waals surface area contributed by atoms with E-state index in [0.717, 1.165) is 0 Å². The normalized spacial score (nSPS) is 11.5. The smallest absolute Gasteiger partial charge is 0.338 e. The minimum absolute atomic E-state index is 0.0338. The van der Waals surface area contributed by atoms with E-state index in [9.17, 15) is 18.0 Å². The Kier molecular flexibility index (Phi) is 8.36. The Morgan fingerprint density at radius 3 is 2.40 bits per heavy atom. The third kappa shape index (κ3) is 5.37. The molecule has 1 aromatic heterocycles. The first-order valence-electron chi connectivity index (χ1n) is 9.34. The third-order valence-electron chi connectivity index (χ3n) is 4.31. The molecule has 0 radical (unpaired) electrons. The predicted octanol–water partition coefficient (Wildman–Crippen LogP) is 3.56. The molecule has 0 saturated heterocycles. The molecule has 0 bridgehead atoms. The molecule has 30 heavy (non-hydrogen) atoms.